The molecular weight excluding hydrogens is 360 g/mol. The Labute approximate surface area is 168 Å². The number of hydrogen-bond acceptors (Lipinski definition) is 3. The molecule has 2 aromatic heterocycles. The highest BCUT2D eigenvalue weighted by Gasteiger charge is 2.22. The van der Waals surface area contributed by atoms with Crippen LogP contribution in [0, 0.1) is 0 Å². The average molecular weight is 380 g/mol. The molecule has 4 aromatic rings. The van der Waals surface area contributed by atoms with Crippen molar-refractivity contribution in [3.05, 3.63) is 83.3 Å². The van der Waals surface area contributed by atoms with Crippen molar-refractivity contribution in [2.75, 3.05) is 0 Å². The number of benzene rings is 2. The normalized spacial score (nSPS) is 15.0. The average Bonchev–Trinajstić information content (AvgIpc) is 3.23. The molecule has 0 fully saturated rings. The van der Waals surface area contributed by atoms with Crippen LogP contribution in [0.1, 0.15) is 51.1 Å². The van der Waals surface area contributed by atoms with Crippen LogP contribution < -0.4 is 0 Å². The second-order valence-electron chi connectivity index (χ2n) is 7.45. The van der Waals surface area contributed by atoms with Crippen LogP contribution in [0.25, 0.3) is 27.8 Å². The van der Waals surface area contributed by atoms with Gasteiger partial charge in [0.25, 0.3) is 0 Å². The lowest BCUT2D eigenvalue weighted by molar-refractivity contribution is 0.0970. The van der Waals surface area contributed by atoms with Gasteiger partial charge in [-0.25, -0.2) is 0 Å². The van der Waals surface area contributed by atoms with Crippen molar-refractivity contribution < 1.29 is 9.59 Å². The van der Waals surface area contributed by atoms with Crippen molar-refractivity contribution in [1.82, 2.24) is 9.97 Å². The van der Waals surface area contributed by atoms with Crippen LogP contribution in [0.3, 0.4) is 0 Å². The first-order valence-corrected chi connectivity index (χ1v) is 9.91. The van der Waals surface area contributed by atoms with Crippen LogP contribution in [0.2, 0.25) is 0 Å². The van der Waals surface area contributed by atoms with Gasteiger partial charge in [0.1, 0.15) is 0 Å². The maximum Gasteiger partial charge on any atom is 0.167 e. The van der Waals surface area contributed by atoms with Crippen molar-refractivity contribution >= 4 is 39.3 Å². The van der Waals surface area contributed by atoms with Gasteiger partial charge in [-0.1, -0.05) is 36.4 Å². The molecule has 6 rings (SSSR count). The molecule has 0 bridgehead atoms. The number of aromatic nitrogens is 2. The second kappa shape index (κ2) is 7.13. The number of hydrogen-bond donors (Lipinski definition) is 1. The number of carbonyl (C=O) groups is 2. The van der Waals surface area contributed by atoms with Gasteiger partial charge >= 0.3 is 0 Å². The molecule has 0 atom stereocenters. The Morgan fingerprint density at radius 1 is 0.862 bits per heavy atom. The van der Waals surface area contributed by atoms with Crippen molar-refractivity contribution in [3.63, 3.8) is 0 Å². The zero-order valence-corrected chi connectivity index (χ0v) is 15.9. The van der Waals surface area contributed by atoms with E-state index in [1.165, 1.54) is 0 Å². The lowest BCUT2D eigenvalue weighted by Crippen LogP contribution is -2.12. The Kier molecular flexibility index (Phi) is 4.32. The van der Waals surface area contributed by atoms with Gasteiger partial charge < -0.3 is 4.98 Å². The second-order valence-corrected chi connectivity index (χ2v) is 7.45. The Balaban J connectivity index is 0.000000168. The molecule has 4 nitrogen and oxygen atoms in total. The molecule has 29 heavy (non-hydrogen) atoms. The topological polar surface area (TPSA) is 62.8 Å². The van der Waals surface area contributed by atoms with Crippen molar-refractivity contribution in [3.8, 4) is 0 Å². The summed E-state index contributed by atoms with van der Waals surface area (Å²) < 4.78 is 0. The fraction of sp³-hybridized carbons (Fsp3) is 0.160. The van der Waals surface area contributed by atoms with E-state index in [0.29, 0.717) is 12.8 Å². The number of Topliss-reactive ketones (excluding diaryl/α,β-unsaturated/α-hetero) is 2. The summed E-state index contributed by atoms with van der Waals surface area (Å²) in [6.07, 6.45) is 12.6. The third-order valence-corrected chi connectivity index (χ3v) is 5.70. The Morgan fingerprint density at radius 3 is 2.62 bits per heavy atom. The third-order valence-electron chi connectivity index (χ3n) is 5.70. The van der Waals surface area contributed by atoms with Gasteiger partial charge in [0.15, 0.2) is 11.6 Å². The number of H-pyrrole nitrogens is 1. The summed E-state index contributed by atoms with van der Waals surface area (Å²) in [6, 6.07) is 11.8. The molecule has 0 saturated heterocycles. The number of nitrogens with one attached hydrogen (secondary N) is 1. The van der Waals surface area contributed by atoms with E-state index in [9.17, 15) is 9.59 Å². The van der Waals surface area contributed by atoms with E-state index in [4.69, 9.17) is 0 Å². The first-order valence-electron chi connectivity index (χ1n) is 9.91. The molecule has 2 aliphatic carbocycles. The molecule has 2 aliphatic rings. The Morgan fingerprint density at radius 2 is 1.72 bits per heavy atom. The molecule has 0 aliphatic heterocycles. The molecule has 0 radical (unpaired) electrons. The van der Waals surface area contributed by atoms with Crippen LogP contribution in [0.5, 0.6) is 0 Å². The van der Waals surface area contributed by atoms with E-state index in [-0.39, 0.29) is 11.6 Å². The minimum Gasteiger partial charge on any atom is -0.365 e. The lowest BCUT2D eigenvalue weighted by Gasteiger charge is -2.19. The lowest BCUT2D eigenvalue weighted by atomic mass is 9.83. The molecule has 0 spiro atoms. The van der Waals surface area contributed by atoms with E-state index < -0.39 is 0 Å². The summed E-state index contributed by atoms with van der Waals surface area (Å²) in [4.78, 5) is 31.1. The van der Waals surface area contributed by atoms with Crippen molar-refractivity contribution in [2.24, 2.45) is 0 Å². The molecule has 142 valence electrons. The molecule has 2 aromatic carbocycles. The van der Waals surface area contributed by atoms with Gasteiger partial charge in [-0.3, -0.25) is 14.6 Å². The van der Waals surface area contributed by atoms with Crippen LogP contribution in [0.15, 0.2) is 61.1 Å². The number of allylic oxidation sites excluding steroid dienone is 1. The van der Waals surface area contributed by atoms with Gasteiger partial charge in [0, 0.05) is 47.9 Å². The number of nitrogens with zero attached hydrogens (tertiary/aromatic N) is 1. The van der Waals surface area contributed by atoms with Gasteiger partial charge in [0.2, 0.25) is 0 Å². The summed E-state index contributed by atoms with van der Waals surface area (Å²) in [7, 11) is 0. The minimum atomic E-state index is 0.179. The zero-order valence-electron chi connectivity index (χ0n) is 15.9. The molecule has 0 unspecified atom stereocenters. The number of aryl methyl sites for hydroxylation is 1. The summed E-state index contributed by atoms with van der Waals surface area (Å²) in [5.74, 6) is 0.427. The number of ketones is 2. The maximum absolute atomic E-state index is 12.0. The van der Waals surface area contributed by atoms with E-state index in [0.717, 1.165) is 56.8 Å². The van der Waals surface area contributed by atoms with Crippen molar-refractivity contribution in [1.29, 1.82) is 0 Å². The highest BCUT2D eigenvalue weighted by Crippen LogP contribution is 2.34. The highest BCUT2D eigenvalue weighted by molar-refractivity contribution is 6.11. The number of rotatable bonds is 0. The fourth-order valence-electron chi connectivity index (χ4n) is 4.28. The molecule has 1 N–H and O–H groups in total. The number of aromatic amines is 1. The Bertz CT molecular complexity index is 1270. The van der Waals surface area contributed by atoms with Gasteiger partial charge in [-0.2, -0.15) is 0 Å². The number of pyridine rings is 1. The van der Waals surface area contributed by atoms with Gasteiger partial charge in [-0.05, 0) is 46.9 Å². The molecule has 0 saturated carbocycles. The molecular formula is C25H20N2O2. The van der Waals surface area contributed by atoms with Crippen LogP contribution in [0.4, 0.5) is 0 Å². The first kappa shape index (κ1) is 17.6. The molecule has 0 amide bonds. The predicted molar refractivity (Wildman–Crippen MR) is 115 cm³/mol. The van der Waals surface area contributed by atoms with Crippen molar-refractivity contribution in [2.45, 2.75) is 25.7 Å². The fourth-order valence-corrected chi connectivity index (χ4v) is 4.28. The van der Waals surface area contributed by atoms with Crippen LogP contribution in [-0.2, 0) is 6.42 Å². The van der Waals surface area contributed by atoms with Crippen LogP contribution >= 0.6 is 0 Å². The smallest absolute Gasteiger partial charge is 0.167 e. The largest absolute Gasteiger partial charge is 0.365 e. The summed E-state index contributed by atoms with van der Waals surface area (Å²) in [5, 5.41) is 3.39. The monoisotopic (exact) mass is 380 g/mol. The van der Waals surface area contributed by atoms with E-state index in [1.54, 1.807) is 6.20 Å². The van der Waals surface area contributed by atoms with Gasteiger partial charge in [0.05, 0.1) is 5.52 Å². The van der Waals surface area contributed by atoms with E-state index in [1.807, 2.05) is 60.9 Å². The SMILES string of the molecule is O=C1CC=Cc2c1ccc1c3c(ccc21)C(=O)CCC3.c1cnc2c[nH]cc2c1. The van der Waals surface area contributed by atoms with E-state index in [2.05, 4.69) is 9.97 Å². The minimum absolute atomic E-state index is 0.179. The quantitative estimate of drug-likeness (QED) is 0.437. The number of fused-ring (bicyclic) bond motifs is 6. The predicted octanol–water partition coefficient (Wildman–Crippen LogP) is 5.52. The standard InChI is InChI=1S/C18H14O2.C7H6N2/c19-17-5-1-3-11-13-7-10-16-12(4-2-6-18(16)20)14(13)8-9-15(11)17;1-2-6-4-8-5-7(6)9-3-1/h1,3,7-10H,2,4-6H2;1-5,8H. The van der Waals surface area contributed by atoms with Gasteiger partial charge in [-0.15, -0.1) is 0 Å². The summed E-state index contributed by atoms with van der Waals surface area (Å²) in [5.41, 5.74) is 4.88. The maximum atomic E-state index is 12.0. The molecule has 2 heterocycles. The highest BCUT2D eigenvalue weighted by atomic mass is 16.1. The summed E-state index contributed by atoms with van der Waals surface area (Å²) in [6.45, 7) is 0. The first-order chi connectivity index (χ1) is 14.2. The number of carbonyl (C=O) groups excluding carboxylic acids is 2. The molecule has 4 heteroatoms. The van der Waals surface area contributed by atoms with E-state index >= 15 is 0 Å². The zero-order chi connectivity index (χ0) is 19.8. The van der Waals surface area contributed by atoms with Crippen LogP contribution in [-0.4, -0.2) is 21.5 Å². The Hall–Kier alpha value is -3.53. The third kappa shape index (κ3) is 3.07. The summed E-state index contributed by atoms with van der Waals surface area (Å²) >= 11 is 0.